The Morgan fingerprint density at radius 2 is 2.12 bits per heavy atom. The first-order chi connectivity index (χ1) is 7.83. The highest BCUT2D eigenvalue weighted by molar-refractivity contribution is 5.62. The first-order valence-electron chi connectivity index (χ1n) is 5.24. The molecule has 0 bridgehead atoms. The van der Waals surface area contributed by atoms with Gasteiger partial charge in [-0.05, 0) is 35.9 Å². The van der Waals surface area contributed by atoms with Gasteiger partial charge in [-0.15, -0.1) is 0 Å². The van der Waals surface area contributed by atoms with E-state index < -0.39 is 0 Å². The summed E-state index contributed by atoms with van der Waals surface area (Å²) in [6.07, 6.45) is 2.42. The van der Waals surface area contributed by atoms with Crippen molar-refractivity contribution in [3.05, 3.63) is 42.1 Å². The van der Waals surface area contributed by atoms with Gasteiger partial charge in [0.05, 0.1) is 18.5 Å². The minimum atomic E-state index is 0.188. The van der Waals surface area contributed by atoms with Gasteiger partial charge in [0.15, 0.2) is 0 Å². The van der Waals surface area contributed by atoms with E-state index in [0.29, 0.717) is 0 Å². The van der Waals surface area contributed by atoms with Crippen molar-refractivity contribution in [2.24, 2.45) is 0 Å². The Kier molecular flexibility index (Phi) is 2.03. The fourth-order valence-corrected chi connectivity index (χ4v) is 1.90. The summed E-state index contributed by atoms with van der Waals surface area (Å²) in [5, 5.41) is 9.18. The third-order valence-electron chi connectivity index (χ3n) is 2.73. The van der Waals surface area contributed by atoms with Crippen molar-refractivity contribution in [2.45, 2.75) is 6.42 Å². The highest BCUT2D eigenvalue weighted by Crippen LogP contribution is 2.29. The van der Waals surface area contributed by atoms with Gasteiger partial charge in [0.25, 0.3) is 0 Å². The Hall–Kier alpha value is -2.03. The Balaban J connectivity index is 2.03. The summed E-state index contributed by atoms with van der Waals surface area (Å²) in [6.45, 7) is 0.766. The molecule has 0 aliphatic carbocycles. The molecule has 1 aliphatic rings. The molecule has 3 nitrogen and oxygen atoms in total. The fraction of sp³-hybridized carbons (Fsp3) is 0.154. The van der Waals surface area contributed by atoms with Crippen molar-refractivity contribution in [2.75, 3.05) is 6.61 Å². The number of benzene rings is 1. The van der Waals surface area contributed by atoms with E-state index in [1.807, 2.05) is 18.2 Å². The monoisotopic (exact) mass is 213 g/mol. The van der Waals surface area contributed by atoms with Crippen LogP contribution in [0.15, 0.2) is 36.5 Å². The predicted molar refractivity (Wildman–Crippen MR) is 60.5 cm³/mol. The van der Waals surface area contributed by atoms with Crippen LogP contribution in [0.1, 0.15) is 5.56 Å². The lowest BCUT2D eigenvalue weighted by atomic mass is 10.1. The number of hydrogen-bond acceptors (Lipinski definition) is 3. The maximum Gasteiger partial charge on any atom is 0.133 e. The molecule has 2 heterocycles. The van der Waals surface area contributed by atoms with Crippen LogP contribution in [0.3, 0.4) is 0 Å². The summed E-state index contributed by atoms with van der Waals surface area (Å²) >= 11 is 0. The lowest BCUT2D eigenvalue weighted by Crippen LogP contribution is -1.85. The first-order valence-corrected chi connectivity index (χ1v) is 5.24. The van der Waals surface area contributed by atoms with Crippen LogP contribution < -0.4 is 4.74 Å². The van der Waals surface area contributed by atoms with Crippen LogP contribution in [0.25, 0.3) is 11.3 Å². The molecule has 0 unspecified atom stereocenters. The van der Waals surface area contributed by atoms with Crippen molar-refractivity contribution in [1.29, 1.82) is 0 Å². The summed E-state index contributed by atoms with van der Waals surface area (Å²) in [6, 6.07) is 9.52. The van der Waals surface area contributed by atoms with E-state index in [1.54, 1.807) is 6.07 Å². The van der Waals surface area contributed by atoms with Gasteiger partial charge in [0.2, 0.25) is 0 Å². The van der Waals surface area contributed by atoms with E-state index in [4.69, 9.17) is 4.74 Å². The van der Waals surface area contributed by atoms with Crippen molar-refractivity contribution >= 4 is 0 Å². The van der Waals surface area contributed by atoms with Crippen LogP contribution in [-0.2, 0) is 6.42 Å². The minimum absolute atomic E-state index is 0.188. The van der Waals surface area contributed by atoms with E-state index in [9.17, 15) is 5.11 Å². The lowest BCUT2D eigenvalue weighted by molar-refractivity contribution is 0.357. The highest BCUT2D eigenvalue weighted by atomic mass is 16.5. The van der Waals surface area contributed by atoms with Gasteiger partial charge >= 0.3 is 0 Å². The van der Waals surface area contributed by atoms with Gasteiger partial charge in [0.1, 0.15) is 11.5 Å². The van der Waals surface area contributed by atoms with Crippen molar-refractivity contribution in [1.82, 2.24) is 4.98 Å². The molecule has 1 N–H and O–H groups in total. The second kappa shape index (κ2) is 3.52. The third kappa shape index (κ3) is 1.50. The quantitative estimate of drug-likeness (QED) is 0.790. The van der Waals surface area contributed by atoms with E-state index in [0.717, 1.165) is 30.0 Å². The zero-order chi connectivity index (χ0) is 11.0. The summed E-state index contributed by atoms with van der Waals surface area (Å²) in [4.78, 5) is 4.18. The average molecular weight is 213 g/mol. The molecule has 1 aromatic heterocycles. The number of nitrogens with zero attached hydrogens (tertiary/aromatic N) is 1. The van der Waals surface area contributed by atoms with E-state index in [2.05, 4.69) is 11.1 Å². The van der Waals surface area contributed by atoms with Gasteiger partial charge in [-0.2, -0.15) is 0 Å². The van der Waals surface area contributed by atoms with Crippen LogP contribution in [0, 0.1) is 0 Å². The molecule has 1 aromatic carbocycles. The summed E-state index contributed by atoms with van der Waals surface area (Å²) in [5.41, 5.74) is 3.16. The number of hydrogen-bond donors (Lipinski definition) is 1. The Morgan fingerprint density at radius 1 is 1.19 bits per heavy atom. The first kappa shape index (κ1) is 9.21. The number of ether oxygens (including phenoxy) is 1. The topological polar surface area (TPSA) is 42.4 Å². The SMILES string of the molecule is Oc1ccc(-c2ccc3c(c2)CCO3)nc1. The molecule has 0 amide bonds. The van der Waals surface area contributed by atoms with E-state index in [1.165, 1.54) is 11.8 Å². The predicted octanol–water partition coefficient (Wildman–Crippen LogP) is 2.39. The average Bonchev–Trinajstić information content (AvgIpc) is 2.77. The van der Waals surface area contributed by atoms with Gasteiger partial charge in [0, 0.05) is 12.0 Å². The van der Waals surface area contributed by atoms with Crippen LogP contribution >= 0.6 is 0 Å². The molecule has 0 spiro atoms. The second-order valence-electron chi connectivity index (χ2n) is 3.82. The minimum Gasteiger partial charge on any atom is -0.506 e. The number of aromatic nitrogens is 1. The molecule has 0 atom stereocenters. The largest absolute Gasteiger partial charge is 0.506 e. The molecule has 0 saturated heterocycles. The second-order valence-corrected chi connectivity index (χ2v) is 3.82. The summed E-state index contributed by atoms with van der Waals surface area (Å²) in [7, 11) is 0. The Labute approximate surface area is 93.3 Å². The summed E-state index contributed by atoms with van der Waals surface area (Å²) < 4.78 is 5.45. The van der Waals surface area contributed by atoms with Crippen LogP contribution in [-0.4, -0.2) is 16.7 Å². The number of pyridine rings is 1. The summed E-state index contributed by atoms with van der Waals surface area (Å²) in [5.74, 6) is 1.16. The van der Waals surface area contributed by atoms with Crippen LogP contribution in [0.2, 0.25) is 0 Å². The van der Waals surface area contributed by atoms with E-state index >= 15 is 0 Å². The van der Waals surface area contributed by atoms with Crippen molar-refractivity contribution < 1.29 is 9.84 Å². The molecular formula is C13H11NO2. The number of aromatic hydroxyl groups is 1. The molecule has 2 aromatic rings. The highest BCUT2D eigenvalue weighted by Gasteiger charge is 2.12. The fourth-order valence-electron chi connectivity index (χ4n) is 1.90. The Morgan fingerprint density at radius 3 is 2.94 bits per heavy atom. The molecule has 0 radical (unpaired) electrons. The van der Waals surface area contributed by atoms with Gasteiger partial charge in [-0.3, -0.25) is 4.98 Å². The lowest BCUT2D eigenvalue weighted by Gasteiger charge is -2.03. The van der Waals surface area contributed by atoms with Gasteiger partial charge in [-0.25, -0.2) is 0 Å². The molecule has 0 fully saturated rings. The van der Waals surface area contributed by atoms with Gasteiger partial charge < -0.3 is 9.84 Å². The molecular weight excluding hydrogens is 202 g/mol. The normalized spacial score (nSPS) is 13.2. The molecule has 3 heteroatoms. The zero-order valence-electron chi connectivity index (χ0n) is 8.68. The van der Waals surface area contributed by atoms with Gasteiger partial charge in [-0.1, -0.05) is 0 Å². The standard InChI is InChI=1S/C13H11NO2/c15-11-2-3-12(14-8-11)9-1-4-13-10(7-9)5-6-16-13/h1-4,7-8,15H,5-6H2. The molecule has 80 valence electrons. The maximum atomic E-state index is 9.18. The van der Waals surface area contributed by atoms with Crippen LogP contribution in [0.5, 0.6) is 11.5 Å². The van der Waals surface area contributed by atoms with Crippen molar-refractivity contribution in [3.63, 3.8) is 0 Å². The van der Waals surface area contributed by atoms with Crippen LogP contribution in [0.4, 0.5) is 0 Å². The molecule has 3 rings (SSSR count). The smallest absolute Gasteiger partial charge is 0.133 e. The number of fused-ring (bicyclic) bond motifs is 1. The number of rotatable bonds is 1. The maximum absolute atomic E-state index is 9.18. The Bertz CT molecular complexity index is 520. The zero-order valence-corrected chi connectivity index (χ0v) is 8.68. The molecule has 1 aliphatic heterocycles. The van der Waals surface area contributed by atoms with Crippen molar-refractivity contribution in [3.8, 4) is 22.8 Å². The molecule has 16 heavy (non-hydrogen) atoms. The molecule has 0 saturated carbocycles. The third-order valence-corrected chi connectivity index (χ3v) is 2.73. The van der Waals surface area contributed by atoms with E-state index in [-0.39, 0.29) is 5.75 Å².